The summed E-state index contributed by atoms with van der Waals surface area (Å²) in [5, 5.41) is 5.94. The van der Waals surface area contributed by atoms with Crippen LogP contribution in [0.25, 0.3) is 0 Å². The molecule has 1 amide bonds. The van der Waals surface area contributed by atoms with Gasteiger partial charge in [0.25, 0.3) is 0 Å². The summed E-state index contributed by atoms with van der Waals surface area (Å²) in [5.41, 5.74) is 1.02. The largest absolute Gasteiger partial charge is 0.491 e. The third-order valence-corrected chi connectivity index (χ3v) is 2.05. The zero-order valence-corrected chi connectivity index (χ0v) is 10.6. The number of ether oxygens (including phenoxy) is 1. The molecule has 0 heterocycles. The molecule has 0 saturated heterocycles. The Morgan fingerprint density at radius 2 is 1.88 bits per heavy atom. The first-order chi connectivity index (χ1) is 8.08. The molecule has 0 unspecified atom stereocenters. The number of hydrogen-bond acceptors (Lipinski definition) is 3. The Hall–Kier alpha value is -1.71. The van der Waals surface area contributed by atoms with Gasteiger partial charge >= 0.3 is 0 Å². The Balaban J connectivity index is 2.32. The average molecular weight is 236 g/mol. The molecule has 4 nitrogen and oxygen atoms in total. The maximum Gasteiger partial charge on any atom is 0.216 e. The smallest absolute Gasteiger partial charge is 0.216 e. The Morgan fingerprint density at radius 3 is 2.41 bits per heavy atom. The normalized spacial score (nSPS) is 10.1. The van der Waals surface area contributed by atoms with Gasteiger partial charge in [-0.3, -0.25) is 4.79 Å². The molecular formula is C13H20N2O2. The SMILES string of the molecule is CC(=O)NCCNc1ccc(OC(C)C)cc1. The molecule has 0 saturated carbocycles. The van der Waals surface area contributed by atoms with Crippen LogP contribution < -0.4 is 15.4 Å². The minimum atomic E-state index is -0.00696. The molecule has 0 bridgehead atoms. The van der Waals surface area contributed by atoms with Gasteiger partial charge < -0.3 is 15.4 Å². The van der Waals surface area contributed by atoms with E-state index in [-0.39, 0.29) is 12.0 Å². The van der Waals surface area contributed by atoms with Crippen LogP contribution in [0.3, 0.4) is 0 Å². The molecule has 0 fully saturated rings. The van der Waals surface area contributed by atoms with Gasteiger partial charge in [-0.25, -0.2) is 0 Å². The lowest BCUT2D eigenvalue weighted by atomic mass is 10.3. The van der Waals surface area contributed by atoms with Crippen molar-refractivity contribution in [2.24, 2.45) is 0 Å². The number of anilines is 1. The topological polar surface area (TPSA) is 50.4 Å². The first-order valence-corrected chi connectivity index (χ1v) is 5.83. The third-order valence-electron chi connectivity index (χ3n) is 2.05. The van der Waals surface area contributed by atoms with Crippen molar-refractivity contribution in [3.8, 4) is 5.75 Å². The molecule has 1 aromatic carbocycles. The third kappa shape index (κ3) is 5.80. The summed E-state index contributed by atoms with van der Waals surface area (Å²) in [6.07, 6.45) is 0.188. The van der Waals surface area contributed by atoms with E-state index in [0.29, 0.717) is 13.1 Å². The molecule has 0 radical (unpaired) electrons. The van der Waals surface area contributed by atoms with Crippen LogP contribution in [0.2, 0.25) is 0 Å². The van der Waals surface area contributed by atoms with E-state index in [2.05, 4.69) is 10.6 Å². The van der Waals surface area contributed by atoms with E-state index in [9.17, 15) is 4.79 Å². The molecule has 0 spiro atoms. The van der Waals surface area contributed by atoms with Crippen molar-refractivity contribution in [1.82, 2.24) is 5.32 Å². The van der Waals surface area contributed by atoms with E-state index in [1.54, 1.807) is 0 Å². The zero-order valence-electron chi connectivity index (χ0n) is 10.6. The van der Waals surface area contributed by atoms with Crippen LogP contribution in [0.1, 0.15) is 20.8 Å². The van der Waals surface area contributed by atoms with Crippen LogP contribution in [-0.4, -0.2) is 25.1 Å². The molecule has 0 aliphatic carbocycles. The molecule has 4 heteroatoms. The molecular weight excluding hydrogens is 216 g/mol. The van der Waals surface area contributed by atoms with E-state index in [1.165, 1.54) is 6.92 Å². The van der Waals surface area contributed by atoms with Crippen molar-refractivity contribution < 1.29 is 9.53 Å². The van der Waals surface area contributed by atoms with E-state index >= 15 is 0 Å². The van der Waals surface area contributed by atoms with E-state index in [1.807, 2.05) is 38.1 Å². The number of amides is 1. The zero-order chi connectivity index (χ0) is 12.7. The molecule has 0 aliphatic heterocycles. The van der Waals surface area contributed by atoms with Crippen LogP contribution in [0.15, 0.2) is 24.3 Å². The van der Waals surface area contributed by atoms with Gasteiger partial charge in [-0.05, 0) is 38.1 Å². The van der Waals surface area contributed by atoms with Crippen molar-refractivity contribution in [2.45, 2.75) is 26.9 Å². The lowest BCUT2D eigenvalue weighted by Gasteiger charge is -2.11. The number of carbonyl (C=O) groups is 1. The summed E-state index contributed by atoms with van der Waals surface area (Å²) < 4.78 is 5.54. The van der Waals surface area contributed by atoms with Gasteiger partial charge in [0.2, 0.25) is 5.91 Å². The van der Waals surface area contributed by atoms with Gasteiger partial charge in [0, 0.05) is 25.7 Å². The molecule has 2 N–H and O–H groups in total. The minimum Gasteiger partial charge on any atom is -0.491 e. The van der Waals surface area contributed by atoms with Crippen molar-refractivity contribution in [3.05, 3.63) is 24.3 Å². The van der Waals surface area contributed by atoms with Crippen molar-refractivity contribution in [2.75, 3.05) is 18.4 Å². The summed E-state index contributed by atoms with van der Waals surface area (Å²) in [7, 11) is 0. The monoisotopic (exact) mass is 236 g/mol. The molecule has 0 atom stereocenters. The standard InChI is InChI=1S/C13H20N2O2/c1-10(2)17-13-6-4-12(5-7-13)15-9-8-14-11(3)16/h4-7,10,15H,8-9H2,1-3H3,(H,14,16). The molecule has 17 heavy (non-hydrogen) atoms. The van der Waals surface area contributed by atoms with Crippen LogP contribution in [0, 0.1) is 0 Å². The minimum absolute atomic E-state index is 0.00696. The molecule has 0 aliphatic rings. The first-order valence-electron chi connectivity index (χ1n) is 5.83. The van der Waals surface area contributed by atoms with Gasteiger partial charge in [0.15, 0.2) is 0 Å². The predicted octanol–water partition coefficient (Wildman–Crippen LogP) is 2.02. The summed E-state index contributed by atoms with van der Waals surface area (Å²) in [5.74, 6) is 0.861. The highest BCUT2D eigenvalue weighted by Gasteiger charge is 1.97. The number of carbonyl (C=O) groups excluding carboxylic acids is 1. The highest BCUT2D eigenvalue weighted by atomic mass is 16.5. The summed E-state index contributed by atoms with van der Waals surface area (Å²) in [6, 6.07) is 7.79. The predicted molar refractivity (Wildman–Crippen MR) is 69.4 cm³/mol. The van der Waals surface area contributed by atoms with Crippen LogP contribution >= 0.6 is 0 Å². The first kappa shape index (κ1) is 13.4. The van der Waals surface area contributed by atoms with Gasteiger partial charge in [-0.2, -0.15) is 0 Å². The van der Waals surface area contributed by atoms with E-state index in [4.69, 9.17) is 4.74 Å². The van der Waals surface area contributed by atoms with Crippen LogP contribution in [0.5, 0.6) is 5.75 Å². The molecule has 1 aromatic rings. The maximum absolute atomic E-state index is 10.6. The van der Waals surface area contributed by atoms with Crippen LogP contribution in [-0.2, 0) is 4.79 Å². The molecule has 94 valence electrons. The van der Waals surface area contributed by atoms with E-state index in [0.717, 1.165) is 11.4 Å². The van der Waals surface area contributed by atoms with Gasteiger partial charge in [0.1, 0.15) is 5.75 Å². The Morgan fingerprint density at radius 1 is 1.24 bits per heavy atom. The lowest BCUT2D eigenvalue weighted by molar-refractivity contribution is -0.118. The summed E-state index contributed by atoms with van der Waals surface area (Å²) in [4.78, 5) is 10.6. The van der Waals surface area contributed by atoms with Crippen molar-refractivity contribution >= 4 is 11.6 Å². The quantitative estimate of drug-likeness (QED) is 0.743. The fraction of sp³-hybridized carbons (Fsp3) is 0.462. The van der Waals surface area contributed by atoms with Crippen molar-refractivity contribution in [1.29, 1.82) is 0 Å². The summed E-state index contributed by atoms with van der Waals surface area (Å²) >= 11 is 0. The maximum atomic E-state index is 10.6. The Kier molecular flexibility index (Phi) is 5.33. The van der Waals surface area contributed by atoms with Gasteiger partial charge in [-0.15, -0.1) is 0 Å². The lowest BCUT2D eigenvalue weighted by Crippen LogP contribution is -2.26. The Labute approximate surface area is 102 Å². The van der Waals surface area contributed by atoms with Gasteiger partial charge in [-0.1, -0.05) is 0 Å². The fourth-order valence-electron chi connectivity index (χ4n) is 1.37. The second-order valence-corrected chi connectivity index (χ2v) is 4.10. The fourth-order valence-corrected chi connectivity index (χ4v) is 1.37. The van der Waals surface area contributed by atoms with Crippen LogP contribution in [0.4, 0.5) is 5.69 Å². The number of hydrogen-bond donors (Lipinski definition) is 2. The highest BCUT2D eigenvalue weighted by molar-refractivity contribution is 5.72. The van der Waals surface area contributed by atoms with Crippen molar-refractivity contribution in [3.63, 3.8) is 0 Å². The number of rotatable bonds is 6. The second kappa shape index (κ2) is 6.78. The van der Waals surface area contributed by atoms with E-state index < -0.39 is 0 Å². The van der Waals surface area contributed by atoms with Gasteiger partial charge in [0.05, 0.1) is 6.10 Å². The molecule has 1 rings (SSSR count). The number of benzene rings is 1. The number of nitrogens with one attached hydrogen (secondary N) is 2. The Bertz CT molecular complexity index is 347. The molecule has 0 aromatic heterocycles. The highest BCUT2D eigenvalue weighted by Crippen LogP contribution is 2.16. The average Bonchev–Trinajstić information content (AvgIpc) is 2.25. The second-order valence-electron chi connectivity index (χ2n) is 4.10. The summed E-state index contributed by atoms with van der Waals surface area (Å²) in [6.45, 7) is 6.85.